The lowest BCUT2D eigenvalue weighted by Crippen LogP contribution is -2.31. The summed E-state index contributed by atoms with van der Waals surface area (Å²) in [5, 5.41) is 18.8. The minimum absolute atomic E-state index is 0.0771. The Morgan fingerprint density at radius 1 is 1.18 bits per heavy atom. The highest BCUT2D eigenvalue weighted by Crippen LogP contribution is 2.48. The van der Waals surface area contributed by atoms with Gasteiger partial charge in [-0.25, -0.2) is 4.98 Å². The fraction of sp³-hybridized carbons (Fsp3) is 0.312. The highest BCUT2D eigenvalue weighted by atomic mass is 16.3. The molecule has 0 bridgehead atoms. The van der Waals surface area contributed by atoms with Crippen molar-refractivity contribution in [3.8, 4) is 11.3 Å². The molecule has 6 nitrogen and oxygen atoms in total. The lowest BCUT2D eigenvalue weighted by Gasteiger charge is -2.33. The van der Waals surface area contributed by atoms with Crippen molar-refractivity contribution in [2.24, 2.45) is 5.92 Å². The van der Waals surface area contributed by atoms with Crippen LogP contribution in [0.3, 0.4) is 0 Å². The molecule has 0 aliphatic carbocycles. The van der Waals surface area contributed by atoms with Crippen molar-refractivity contribution in [2.75, 3.05) is 0 Å². The largest absolute Gasteiger partial charge is 0.385 e. The fourth-order valence-electron chi connectivity index (χ4n) is 3.94. The van der Waals surface area contributed by atoms with Gasteiger partial charge in [0.05, 0.1) is 24.3 Å². The monoisotopic (exact) mass is 293 g/mol. The maximum Gasteiger partial charge on any atom is 0.162 e. The number of aliphatic hydroxyl groups excluding tert-OH is 1. The number of aliphatic hydroxyl groups is 1. The van der Waals surface area contributed by atoms with Crippen molar-refractivity contribution in [3.05, 3.63) is 54.5 Å². The number of benzene rings is 1. The molecule has 3 aromatic rings. The van der Waals surface area contributed by atoms with Gasteiger partial charge in [0, 0.05) is 18.0 Å². The first-order valence-electron chi connectivity index (χ1n) is 7.51. The van der Waals surface area contributed by atoms with Gasteiger partial charge in [0.1, 0.15) is 12.4 Å². The molecule has 0 saturated heterocycles. The summed E-state index contributed by atoms with van der Waals surface area (Å²) >= 11 is 0. The Hall–Kier alpha value is -2.47. The summed E-state index contributed by atoms with van der Waals surface area (Å²) < 4.78 is 4.13. The molecule has 2 aliphatic heterocycles. The van der Waals surface area contributed by atoms with Crippen molar-refractivity contribution >= 4 is 0 Å². The van der Waals surface area contributed by atoms with Crippen LogP contribution in [0.1, 0.15) is 30.0 Å². The smallest absolute Gasteiger partial charge is 0.162 e. The molecular weight excluding hydrogens is 278 g/mol. The second-order valence-corrected chi connectivity index (χ2v) is 6.00. The summed E-state index contributed by atoms with van der Waals surface area (Å²) in [4.78, 5) is 4.30. The molecule has 5 rings (SSSR count). The number of imidazole rings is 1. The Morgan fingerprint density at radius 2 is 2.09 bits per heavy atom. The first-order valence-corrected chi connectivity index (χ1v) is 7.51. The number of fused-ring (bicyclic) bond motifs is 4. The van der Waals surface area contributed by atoms with E-state index in [2.05, 4.69) is 37.9 Å². The highest BCUT2D eigenvalue weighted by molar-refractivity contribution is 5.69. The Bertz CT molecular complexity index is 852. The standard InChI is InChI=1S/C16H15N5O/c22-15-12(5-6-20-9-18-19-16(15)20)14-11-4-2-1-3-10(11)13-7-17-8-21(13)14/h1-4,7-9,12,14-15,22H,5-6H2/t12-,14?,15+/m1/s1. The lowest BCUT2D eigenvalue weighted by atomic mass is 9.84. The Labute approximate surface area is 127 Å². The van der Waals surface area contributed by atoms with Gasteiger partial charge in [0.15, 0.2) is 5.82 Å². The van der Waals surface area contributed by atoms with E-state index in [0.717, 1.165) is 18.7 Å². The van der Waals surface area contributed by atoms with Crippen LogP contribution in [-0.2, 0) is 6.54 Å². The molecule has 1 N–H and O–H groups in total. The summed E-state index contributed by atoms with van der Waals surface area (Å²) in [5.41, 5.74) is 3.60. The zero-order valence-electron chi connectivity index (χ0n) is 11.9. The van der Waals surface area contributed by atoms with Gasteiger partial charge in [-0.05, 0) is 12.0 Å². The highest BCUT2D eigenvalue weighted by Gasteiger charge is 2.41. The van der Waals surface area contributed by atoms with Crippen LogP contribution < -0.4 is 0 Å². The van der Waals surface area contributed by atoms with Crippen molar-refractivity contribution < 1.29 is 5.11 Å². The van der Waals surface area contributed by atoms with E-state index in [1.165, 1.54) is 11.1 Å². The van der Waals surface area contributed by atoms with Gasteiger partial charge in [0.2, 0.25) is 0 Å². The van der Waals surface area contributed by atoms with E-state index in [1.807, 2.05) is 23.2 Å². The molecular formula is C16H15N5O. The van der Waals surface area contributed by atoms with E-state index in [9.17, 15) is 5.11 Å². The van der Waals surface area contributed by atoms with Crippen LogP contribution in [0.4, 0.5) is 0 Å². The van der Waals surface area contributed by atoms with E-state index in [-0.39, 0.29) is 12.0 Å². The average molecular weight is 293 g/mol. The Morgan fingerprint density at radius 3 is 3.05 bits per heavy atom. The maximum absolute atomic E-state index is 10.8. The molecule has 110 valence electrons. The molecule has 3 atom stereocenters. The second kappa shape index (κ2) is 4.27. The van der Waals surface area contributed by atoms with Gasteiger partial charge in [-0.15, -0.1) is 10.2 Å². The first-order chi connectivity index (χ1) is 10.8. The molecule has 0 saturated carbocycles. The van der Waals surface area contributed by atoms with Crippen LogP contribution in [0.25, 0.3) is 11.3 Å². The van der Waals surface area contributed by atoms with Gasteiger partial charge < -0.3 is 14.2 Å². The molecule has 6 heteroatoms. The molecule has 22 heavy (non-hydrogen) atoms. The van der Waals surface area contributed by atoms with Crippen molar-refractivity contribution in [1.29, 1.82) is 0 Å². The Balaban J connectivity index is 1.65. The predicted octanol–water partition coefficient (Wildman–Crippen LogP) is 1.80. The van der Waals surface area contributed by atoms with Crippen molar-refractivity contribution in [2.45, 2.75) is 25.1 Å². The minimum atomic E-state index is -0.609. The number of aromatic nitrogens is 5. The van der Waals surface area contributed by atoms with Crippen LogP contribution in [0.2, 0.25) is 0 Å². The van der Waals surface area contributed by atoms with Crippen LogP contribution in [0.5, 0.6) is 0 Å². The minimum Gasteiger partial charge on any atom is -0.385 e. The molecule has 2 aliphatic rings. The summed E-state index contributed by atoms with van der Waals surface area (Å²) in [6, 6.07) is 8.49. The van der Waals surface area contributed by atoms with E-state index in [0.29, 0.717) is 5.82 Å². The molecule has 0 amide bonds. The van der Waals surface area contributed by atoms with Crippen molar-refractivity contribution in [3.63, 3.8) is 0 Å². The SMILES string of the molecule is O[C@@H]1c2nncn2CC[C@@H]1C1c2ccccc2-c2cncn21. The quantitative estimate of drug-likeness (QED) is 0.743. The Kier molecular flexibility index (Phi) is 2.35. The average Bonchev–Trinajstić information content (AvgIpc) is 3.23. The predicted molar refractivity (Wildman–Crippen MR) is 78.9 cm³/mol. The van der Waals surface area contributed by atoms with Crippen LogP contribution in [0, 0.1) is 5.92 Å². The molecule has 4 heterocycles. The summed E-state index contributed by atoms with van der Waals surface area (Å²) in [7, 11) is 0. The van der Waals surface area contributed by atoms with Gasteiger partial charge in [-0.2, -0.15) is 0 Å². The van der Waals surface area contributed by atoms with E-state index in [1.54, 1.807) is 6.33 Å². The third-order valence-electron chi connectivity index (χ3n) is 4.95. The van der Waals surface area contributed by atoms with E-state index in [4.69, 9.17) is 0 Å². The van der Waals surface area contributed by atoms with E-state index < -0.39 is 6.10 Å². The number of aryl methyl sites for hydroxylation is 1. The number of hydrogen-bond acceptors (Lipinski definition) is 4. The third kappa shape index (κ3) is 1.45. The van der Waals surface area contributed by atoms with E-state index >= 15 is 0 Å². The zero-order chi connectivity index (χ0) is 14.7. The van der Waals surface area contributed by atoms with Crippen LogP contribution >= 0.6 is 0 Å². The van der Waals surface area contributed by atoms with Crippen LogP contribution in [-0.4, -0.2) is 29.4 Å². The zero-order valence-corrected chi connectivity index (χ0v) is 11.9. The van der Waals surface area contributed by atoms with Gasteiger partial charge in [0.25, 0.3) is 0 Å². The molecule has 2 aromatic heterocycles. The topological polar surface area (TPSA) is 68.8 Å². The first kappa shape index (κ1) is 12.1. The second-order valence-electron chi connectivity index (χ2n) is 6.00. The van der Waals surface area contributed by atoms with Crippen LogP contribution in [0.15, 0.2) is 43.1 Å². The van der Waals surface area contributed by atoms with Crippen molar-refractivity contribution in [1.82, 2.24) is 24.3 Å². The normalized spacial score (nSPS) is 25.6. The molecule has 0 fully saturated rings. The lowest BCUT2D eigenvalue weighted by molar-refractivity contribution is 0.0512. The summed E-state index contributed by atoms with van der Waals surface area (Å²) in [5.74, 6) is 0.746. The third-order valence-corrected chi connectivity index (χ3v) is 4.95. The summed E-state index contributed by atoms with van der Waals surface area (Å²) in [6.07, 6.45) is 5.74. The van der Waals surface area contributed by atoms with Gasteiger partial charge in [-0.1, -0.05) is 24.3 Å². The van der Waals surface area contributed by atoms with Gasteiger partial charge >= 0.3 is 0 Å². The maximum atomic E-state index is 10.8. The molecule has 1 unspecified atom stereocenters. The number of rotatable bonds is 1. The number of nitrogens with zero attached hydrogens (tertiary/aromatic N) is 5. The fourth-order valence-corrected chi connectivity index (χ4v) is 3.94. The number of hydrogen-bond donors (Lipinski definition) is 1. The molecule has 0 spiro atoms. The summed E-state index contributed by atoms with van der Waals surface area (Å²) in [6.45, 7) is 0.840. The molecule has 0 radical (unpaired) electrons. The molecule has 1 aromatic carbocycles. The van der Waals surface area contributed by atoms with Gasteiger partial charge in [-0.3, -0.25) is 0 Å².